The molecule has 2 rings (SSSR count). The molecule has 21 heavy (non-hydrogen) atoms. The maximum Gasteiger partial charge on any atom is 0.234 e. The van der Waals surface area contributed by atoms with Crippen LogP contribution in [0.25, 0.3) is 0 Å². The first kappa shape index (κ1) is 15.3. The highest BCUT2D eigenvalue weighted by Gasteiger charge is 2.26. The molecule has 2 N–H and O–H groups in total. The summed E-state index contributed by atoms with van der Waals surface area (Å²) in [5.41, 5.74) is 6.07. The van der Waals surface area contributed by atoms with Gasteiger partial charge in [0.05, 0.1) is 24.3 Å². The third kappa shape index (κ3) is 4.47. The highest BCUT2D eigenvalue weighted by Crippen LogP contribution is 2.17. The summed E-state index contributed by atoms with van der Waals surface area (Å²) in [5.74, 6) is 0.543. The Kier molecular flexibility index (Phi) is 5.59. The number of nitriles is 1. The van der Waals surface area contributed by atoms with Crippen molar-refractivity contribution in [2.75, 3.05) is 19.7 Å². The van der Waals surface area contributed by atoms with Gasteiger partial charge < -0.3 is 10.5 Å². The molecule has 1 aliphatic rings. The highest BCUT2D eigenvalue weighted by molar-refractivity contribution is 5.79. The summed E-state index contributed by atoms with van der Waals surface area (Å²) < 4.78 is 5.64. The second-order valence-electron chi connectivity index (χ2n) is 5.29. The number of carbonyl (C=O) groups is 1. The van der Waals surface area contributed by atoms with Gasteiger partial charge in [-0.15, -0.1) is 0 Å². The second-order valence-corrected chi connectivity index (χ2v) is 5.29. The average molecular weight is 287 g/mol. The highest BCUT2D eigenvalue weighted by atomic mass is 16.5. The van der Waals surface area contributed by atoms with Gasteiger partial charge in [-0.2, -0.15) is 5.26 Å². The Morgan fingerprint density at radius 1 is 1.38 bits per heavy atom. The number of rotatable bonds is 6. The van der Waals surface area contributed by atoms with Gasteiger partial charge in [0, 0.05) is 6.54 Å². The van der Waals surface area contributed by atoms with Gasteiger partial charge in [0.2, 0.25) is 5.91 Å². The van der Waals surface area contributed by atoms with Crippen molar-refractivity contribution in [1.29, 1.82) is 5.26 Å². The normalized spacial score (nSPS) is 18.9. The number of carbonyl (C=O) groups excluding carboxylic acids is 1. The predicted octanol–water partition coefficient (Wildman–Crippen LogP) is 1.67. The standard InChI is InChI=1S/C16H21N3O2/c17-12-13-5-7-14(8-6-13)21-11-3-10-19-9-2-1-4-15(19)16(18)20/h5-8,15H,1-4,9-11H2,(H2,18,20)/t15-/m0/s1. The number of hydrogen-bond acceptors (Lipinski definition) is 4. The lowest BCUT2D eigenvalue weighted by atomic mass is 10.0. The van der Waals surface area contributed by atoms with Gasteiger partial charge in [-0.05, 0) is 50.1 Å². The molecule has 1 aromatic rings. The molecule has 112 valence electrons. The summed E-state index contributed by atoms with van der Waals surface area (Å²) in [5, 5.41) is 8.72. The van der Waals surface area contributed by atoms with E-state index in [0.29, 0.717) is 12.2 Å². The van der Waals surface area contributed by atoms with Crippen LogP contribution in [0.1, 0.15) is 31.2 Å². The zero-order chi connectivity index (χ0) is 15.1. The summed E-state index contributed by atoms with van der Waals surface area (Å²) in [6, 6.07) is 9.03. The van der Waals surface area contributed by atoms with E-state index in [1.165, 1.54) is 0 Å². The summed E-state index contributed by atoms with van der Waals surface area (Å²) in [4.78, 5) is 13.6. The van der Waals surface area contributed by atoms with Crippen LogP contribution in [0.3, 0.4) is 0 Å². The second kappa shape index (κ2) is 7.65. The van der Waals surface area contributed by atoms with Gasteiger partial charge in [-0.1, -0.05) is 6.42 Å². The molecule has 1 heterocycles. The van der Waals surface area contributed by atoms with Crippen molar-refractivity contribution in [3.8, 4) is 11.8 Å². The molecule has 1 amide bonds. The third-order valence-corrected chi connectivity index (χ3v) is 3.78. The lowest BCUT2D eigenvalue weighted by Gasteiger charge is -2.33. The molecular weight excluding hydrogens is 266 g/mol. The third-order valence-electron chi connectivity index (χ3n) is 3.78. The zero-order valence-corrected chi connectivity index (χ0v) is 12.1. The van der Waals surface area contributed by atoms with Gasteiger partial charge in [-0.25, -0.2) is 0 Å². The maximum atomic E-state index is 11.4. The molecule has 0 bridgehead atoms. The van der Waals surface area contributed by atoms with Crippen molar-refractivity contribution >= 4 is 5.91 Å². The number of piperidine rings is 1. The van der Waals surface area contributed by atoms with Crippen LogP contribution >= 0.6 is 0 Å². The fraction of sp³-hybridized carbons (Fsp3) is 0.500. The lowest BCUT2D eigenvalue weighted by molar-refractivity contribution is -0.124. The van der Waals surface area contributed by atoms with Crippen LogP contribution < -0.4 is 10.5 Å². The molecule has 1 saturated heterocycles. The van der Waals surface area contributed by atoms with Gasteiger partial charge in [-0.3, -0.25) is 9.69 Å². The number of benzene rings is 1. The molecule has 1 aliphatic heterocycles. The van der Waals surface area contributed by atoms with Gasteiger partial charge in [0.25, 0.3) is 0 Å². The van der Waals surface area contributed by atoms with E-state index in [1.54, 1.807) is 24.3 Å². The van der Waals surface area contributed by atoms with E-state index in [1.807, 2.05) is 0 Å². The van der Waals surface area contributed by atoms with Crippen LogP contribution in [0.4, 0.5) is 0 Å². The summed E-state index contributed by atoms with van der Waals surface area (Å²) in [6.45, 7) is 2.35. The van der Waals surface area contributed by atoms with Crippen LogP contribution in [0.2, 0.25) is 0 Å². The first-order valence-corrected chi connectivity index (χ1v) is 7.37. The molecule has 5 nitrogen and oxygen atoms in total. The molecular formula is C16H21N3O2. The Morgan fingerprint density at radius 3 is 2.81 bits per heavy atom. The van der Waals surface area contributed by atoms with E-state index in [-0.39, 0.29) is 11.9 Å². The van der Waals surface area contributed by atoms with Gasteiger partial charge in [0.1, 0.15) is 5.75 Å². The molecule has 0 spiro atoms. The molecule has 1 atom stereocenters. The van der Waals surface area contributed by atoms with Crippen molar-refractivity contribution in [2.24, 2.45) is 5.73 Å². The summed E-state index contributed by atoms with van der Waals surface area (Å²) >= 11 is 0. The Balaban J connectivity index is 1.73. The van der Waals surface area contributed by atoms with E-state index in [0.717, 1.165) is 44.5 Å². The monoisotopic (exact) mass is 287 g/mol. The predicted molar refractivity (Wildman–Crippen MR) is 79.7 cm³/mol. The summed E-state index contributed by atoms with van der Waals surface area (Å²) in [7, 11) is 0. The Labute approximate surface area is 125 Å². The topological polar surface area (TPSA) is 79.3 Å². The molecule has 5 heteroatoms. The fourth-order valence-corrected chi connectivity index (χ4v) is 2.66. The van der Waals surface area contributed by atoms with E-state index >= 15 is 0 Å². The van der Waals surface area contributed by atoms with Crippen LogP contribution in [0.15, 0.2) is 24.3 Å². The molecule has 0 aromatic heterocycles. The number of likely N-dealkylation sites (tertiary alicyclic amines) is 1. The van der Waals surface area contributed by atoms with Crippen molar-refractivity contribution < 1.29 is 9.53 Å². The smallest absolute Gasteiger partial charge is 0.234 e. The van der Waals surface area contributed by atoms with Crippen molar-refractivity contribution in [3.63, 3.8) is 0 Å². The minimum Gasteiger partial charge on any atom is -0.494 e. The van der Waals surface area contributed by atoms with Crippen molar-refractivity contribution in [1.82, 2.24) is 4.90 Å². The minimum atomic E-state index is -0.220. The number of ether oxygens (including phenoxy) is 1. The van der Waals surface area contributed by atoms with Gasteiger partial charge in [0.15, 0.2) is 0 Å². The lowest BCUT2D eigenvalue weighted by Crippen LogP contribution is -2.48. The number of nitrogens with zero attached hydrogens (tertiary/aromatic N) is 2. The Morgan fingerprint density at radius 2 is 2.14 bits per heavy atom. The molecule has 0 radical (unpaired) electrons. The number of hydrogen-bond donors (Lipinski definition) is 1. The number of primary amides is 1. The van der Waals surface area contributed by atoms with Crippen LogP contribution in [0.5, 0.6) is 5.75 Å². The van der Waals surface area contributed by atoms with Crippen molar-refractivity contribution in [3.05, 3.63) is 29.8 Å². The first-order valence-electron chi connectivity index (χ1n) is 7.37. The molecule has 0 unspecified atom stereocenters. The van der Waals surface area contributed by atoms with E-state index < -0.39 is 0 Å². The van der Waals surface area contributed by atoms with Crippen molar-refractivity contribution in [2.45, 2.75) is 31.7 Å². The molecule has 1 fully saturated rings. The first-order chi connectivity index (χ1) is 10.2. The maximum absolute atomic E-state index is 11.4. The molecule has 1 aromatic carbocycles. The van der Waals surface area contributed by atoms with Gasteiger partial charge >= 0.3 is 0 Å². The van der Waals surface area contributed by atoms with Crippen LogP contribution in [-0.2, 0) is 4.79 Å². The van der Waals surface area contributed by atoms with E-state index in [2.05, 4.69) is 11.0 Å². The minimum absolute atomic E-state index is 0.117. The Bertz CT molecular complexity index is 507. The van der Waals surface area contributed by atoms with Crippen LogP contribution in [-0.4, -0.2) is 36.5 Å². The van der Waals surface area contributed by atoms with E-state index in [4.69, 9.17) is 15.7 Å². The number of nitrogens with two attached hydrogens (primary N) is 1. The average Bonchev–Trinajstić information content (AvgIpc) is 2.52. The Hall–Kier alpha value is -2.06. The molecule has 0 saturated carbocycles. The van der Waals surface area contributed by atoms with E-state index in [9.17, 15) is 4.79 Å². The summed E-state index contributed by atoms with van der Waals surface area (Å²) in [6.07, 6.45) is 3.92. The number of amides is 1. The molecule has 0 aliphatic carbocycles. The fourth-order valence-electron chi connectivity index (χ4n) is 2.66. The zero-order valence-electron chi connectivity index (χ0n) is 12.1. The SMILES string of the molecule is N#Cc1ccc(OCCCN2CCCC[C@H]2C(N)=O)cc1. The quantitative estimate of drug-likeness (QED) is 0.807. The van der Waals surface area contributed by atoms with Crippen LogP contribution in [0, 0.1) is 11.3 Å². The largest absolute Gasteiger partial charge is 0.494 e.